The first kappa shape index (κ1) is 17.4. The quantitative estimate of drug-likeness (QED) is 0.713. The highest BCUT2D eigenvalue weighted by Gasteiger charge is 2.13. The molecule has 1 aromatic carbocycles. The van der Waals surface area contributed by atoms with Gasteiger partial charge in [-0.3, -0.25) is 9.59 Å². The third-order valence-corrected chi connectivity index (χ3v) is 3.52. The van der Waals surface area contributed by atoms with Gasteiger partial charge in [-0.1, -0.05) is 0 Å². The van der Waals surface area contributed by atoms with Gasteiger partial charge >= 0.3 is 5.97 Å². The number of rotatable bonds is 8. The van der Waals surface area contributed by atoms with Crippen molar-refractivity contribution in [2.24, 2.45) is 0 Å². The third-order valence-electron chi connectivity index (χ3n) is 2.52. The van der Waals surface area contributed by atoms with E-state index in [1.807, 2.05) is 0 Å². The molecule has 1 atom stereocenters. The second kappa shape index (κ2) is 8.58. The summed E-state index contributed by atoms with van der Waals surface area (Å²) in [6, 6.07) is 3.37. The van der Waals surface area contributed by atoms with Crippen LogP contribution in [0.3, 0.4) is 0 Å². The molecule has 0 saturated carbocycles. The normalized spacial score (nSPS) is 12.0. The lowest BCUT2D eigenvalue weighted by Crippen LogP contribution is -2.35. The maximum atomic E-state index is 13.0. The van der Waals surface area contributed by atoms with Crippen LogP contribution in [0.2, 0.25) is 0 Å². The molecular formula is C13H15F2NO4S. The van der Waals surface area contributed by atoms with E-state index in [0.717, 1.165) is 23.9 Å². The van der Waals surface area contributed by atoms with E-state index in [0.29, 0.717) is 4.90 Å². The number of carboxylic acid groups (broad SMARTS) is 1. The van der Waals surface area contributed by atoms with Crippen molar-refractivity contribution in [1.29, 1.82) is 0 Å². The summed E-state index contributed by atoms with van der Waals surface area (Å²) in [4.78, 5) is 22.5. The lowest BCUT2D eigenvalue weighted by atomic mass is 10.2. The summed E-state index contributed by atoms with van der Waals surface area (Å²) in [7, 11) is 1.36. The molecule has 116 valence electrons. The minimum atomic E-state index is -1.02. The molecule has 0 aromatic heterocycles. The Morgan fingerprint density at radius 3 is 2.67 bits per heavy atom. The van der Waals surface area contributed by atoms with Crippen molar-refractivity contribution >= 4 is 23.6 Å². The van der Waals surface area contributed by atoms with Gasteiger partial charge in [0.15, 0.2) is 11.6 Å². The SMILES string of the molecule is COC(CNC(=O)CSc1ccc(F)c(F)c1)CC(=O)O. The van der Waals surface area contributed by atoms with Crippen LogP contribution >= 0.6 is 11.8 Å². The van der Waals surface area contributed by atoms with Gasteiger partial charge in [0.25, 0.3) is 0 Å². The summed E-state index contributed by atoms with van der Waals surface area (Å²) < 4.78 is 30.6. The molecule has 2 N–H and O–H groups in total. The molecule has 0 heterocycles. The van der Waals surface area contributed by atoms with E-state index in [1.54, 1.807) is 0 Å². The number of ether oxygens (including phenoxy) is 1. The number of hydrogen-bond acceptors (Lipinski definition) is 4. The molecule has 5 nitrogen and oxygen atoms in total. The van der Waals surface area contributed by atoms with Crippen LogP contribution < -0.4 is 5.32 Å². The van der Waals surface area contributed by atoms with Crippen molar-refractivity contribution < 1.29 is 28.2 Å². The van der Waals surface area contributed by atoms with Crippen LogP contribution in [0.5, 0.6) is 0 Å². The molecule has 0 fully saturated rings. The van der Waals surface area contributed by atoms with Gasteiger partial charge in [0.05, 0.1) is 18.3 Å². The smallest absolute Gasteiger partial charge is 0.306 e. The average molecular weight is 319 g/mol. The molecule has 0 radical (unpaired) electrons. The van der Waals surface area contributed by atoms with E-state index in [1.165, 1.54) is 13.2 Å². The molecule has 1 unspecified atom stereocenters. The highest BCUT2D eigenvalue weighted by molar-refractivity contribution is 8.00. The molecule has 21 heavy (non-hydrogen) atoms. The third kappa shape index (κ3) is 6.54. The molecule has 8 heteroatoms. The first-order chi connectivity index (χ1) is 9.92. The van der Waals surface area contributed by atoms with Crippen LogP contribution in [-0.4, -0.2) is 42.5 Å². The lowest BCUT2D eigenvalue weighted by molar-refractivity contribution is -0.140. The zero-order valence-corrected chi connectivity index (χ0v) is 12.1. The van der Waals surface area contributed by atoms with Crippen LogP contribution in [0.15, 0.2) is 23.1 Å². The standard InChI is InChI=1S/C13H15F2NO4S/c1-20-8(4-13(18)19)6-16-12(17)7-21-9-2-3-10(14)11(15)5-9/h2-3,5,8H,4,6-7H2,1H3,(H,16,17)(H,18,19). The minimum absolute atomic E-state index is 0.00851. The first-order valence-corrected chi connectivity index (χ1v) is 7.00. The summed E-state index contributed by atoms with van der Waals surface area (Å²) in [6.07, 6.45) is -0.827. The van der Waals surface area contributed by atoms with Crippen molar-refractivity contribution in [2.45, 2.75) is 17.4 Å². The fourth-order valence-corrected chi connectivity index (χ4v) is 2.18. The summed E-state index contributed by atoms with van der Waals surface area (Å²) in [5.41, 5.74) is 0. The van der Waals surface area contributed by atoms with Gasteiger partial charge in [0.2, 0.25) is 5.91 Å². The number of halogens is 2. The Labute approximate surface area is 124 Å². The lowest BCUT2D eigenvalue weighted by Gasteiger charge is -2.13. The molecule has 1 aromatic rings. The van der Waals surface area contributed by atoms with E-state index < -0.39 is 23.7 Å². The maximum Gasteiger partial charge on any atom is 0.306 e. The monoisotopic (exact) mass is 319 g/mol. The fraction of sp³-hybridized carbons (Fsp3) is 0.385. The number of amides is 1. The second-order valence-electron chi connectivity index (χ2n) is 4.12. The molecule has 0 bridgehead atoms. The van der Waals surface area contributed by atoms with Gasteiger partial charge in [-0.2, -0.15) is 0 Å². The van der Waals surface area contributed by atoms with Gasteiger partial charge in [0.1, 0.15) is 0 Å². The van der Waals surface area contributed by atoms with E-state index in [4.69, 9.17) is 9.84 Å². The highest BCUT2D eigenvalue weighted by atomic mass is 32.2. The van der Waals surface area contributed by atoms with E-state index in [-0.39, 0.29) is 24.6 Å². The van der Waals surface area contributed by atoms with E-state index >= 15 is 0 Å². The van der Waals surface area contributed by atoms with Crippen LogP contribution in [0.4, 0.5) is 8.78 Å². The Balaban J connectivity index is 2.36. The van der Waals surface area contributed by atoms with Gasteiger partial charge < -0.3 is 15.2 Å². The maximum absolute atomic E-state index is 13.0. The summed E-state index contributed by atoms with van der Waals surface area (Å²) in [6.45, 7) is 0.0694. The number of methoxy groups -OCH3 is 1. The Bertz CT molecular complexity index is 513. The van der Waals surface area contributed by atoms with Crippen molar-refractivity contribution in [3.8, 4) is 0 Å². The van der Waals surface area contributed by atoms with Gasteiger partial charge in [-0.05, 0) is 18.2 Å². The largest absolute Gasteiger partial charge is 0.481 e. The zero-order valence-electron chi connectivity index (χ0n) is 11.3. The van der Waals surface area contributed by atoms with Crippen LogP contribution in [0.1, 0.15) is 6.42 Å². The Kier molecular flexibility index (Phi) is 7.10. The Morgan fingerprint density at radius 2 is 2.10 bits per heavy atom. The average Bonchev–Trinajstić information content (AvgIpc) is 2.44. The number of carbonyl (C=O) groups excluding carboxylic acids is 1. The zero-order chi connectivity index (χ0) is 15.8. The van der Waals surface area contributed by atoms with Gasteiger partial charge in [-0.25, -0.2) is 8.78 Å². The molecule has 1 amide bonds. The topological polar surface area (TPSA) is 75.6 Å². The van der Waals surface area contributed by atoms with Gasteiger partial charge in [0, 0.05) is 18.6 Å². The molecule has 0 spiro atoms. The van der Waals surface area contributed by atoms with Crippen molar-refractivity contribution in [3.05, 3.63) is 29.8 Å². The Morgan fingerprint density at radius 1 is 1.38 bits per heavy atom. The number of benzene rings is 1. The molecule has 1 rings (SSSR count). The predicted octanol–water partition coefficient (Wildman–Crippen LogP) is 1.66. The predicted molar refractivity (Wildman–Crippen MR) is 73.1 cm³/mol. The van der Waals surface area contributed by atoms with Crippen molar-refractivity contribution in [3.63, 3.8) is 0 Å². The summed E-state index contributed by atoms with van der Waals surface area (Å²) in [5.74, 6) is -3.28. The number of nitrogens with one attached hydrogen (secondary N) is 1. The van der Waals surface area contributed by atoms with Crippen LogP contribution in [-0.2, 0) is 14.3 Å². The van der Waals surface area contributed by atoms with Crippen molar-refractivity contribution in [2.75, 3.05) is 19.4 Å². The molecule has 0 saturated heterocycles. The van der Waals surface area contributed by atoms with E-state index in [9.17, 15) is 18.4 Å². The highest BCUT2D eigenvalue weighted by Crippen LogP contribution is 2.19. The van der Waals surface area contributed by atoms with Crippen LogP contribution in [0.25, 0.3) is 0 Å². The van der Waals surface area contributed by atoms with Crippen LogP contribution in [0, 0.1) is 11.6 Å². The van der Waals surface area contributed by atoms with E-state index in [2.05, 4.69) is 5.32 Å². The summed E-state index contributed by atoms with van der Waals surface area (Å²) in [5, 5.41) is 11.1. The van der Waals surface area contributed by atoms with Gasteiger partial charge in [-0.15, -0.1) is 11.8 Å². The molecular weight excluding hydrogens is 304 g/mol. The minimum Gasteiger partial charge on any atom is -0.481 e. The molecule has 0 aliphatic carbocycles. The number of carbonyl (C=O) groups is 2. The second-order valence-corrected chi connectivity index (χ2v) is 5.17. The Hall–Kier alpha value is -1.67. The number of hydrogen-bond donors (Lipinski definition) is 2. The number of thioether (sulfide) groups is 1. The first-order valence-electron chi connectivity index (χ1n) is 6.01. The summed E-state index contributed by atoms with van der Waals surface area (Å²) >= 11 is 1.05. The number of aliphatic carboxylic acids is 1. The molecule has 0 aliphatic rings. The number of carboxylic acids is 1. The molecule has 0 aliphatic heterocycles. The fourth-order valence-electron chi connectivity index (χ4n) is 1.43. The van der Waals surface area contributed by atoms with Crippen molar-refractivity contribution in [1.82, 2.24) is 5.32 Å².